The summed E-state index contributed by atoms with van der Waals surface area (Å²) >= 11 is 0. The molecule has 0 aliphatic carbocycles. The van der Waals surface area contributed by atoms with Crippen molar-refractivity contribution in [2.24, 2.45) is 0 Å². The van der Waals surface area contributed by atoms with Gasteiger partial charge in [-0.1, -0.05) is 12.1 Å². The third kappa shape index (κ3) is 4.23. The summed E-state index contributed by atoms with van der Waals surface area (Å²) in [6.45, 7) is 1.43. The summed E-state index contributed by atoms with van der Waals surface area (Å²) in [6.07, 6.45) is 6.38. The smallest absolute Gasteiger partial charge is 0.261 e. The van der Waals surface area contributed by atoms with Crippen molar-refractivity contribution >= 4 is 22.7 Å². The predicted molar refractivity (Wildman–Crippen MR) is 138 cm³/mol. The van der Waals surface area contributed by atoms with Gasteiger partial charge in [-0.15, -0.1) is 0 Å². The van der Waals surface area contributed by atoms with Crippen LogP contribution in [0.1, 0.15) is 16.7 Å². The lowest BCUT2D eigenvalue weighted by Crippen LogP contribution is -2.36. The topological polar surface area (TPSA) is 44.0 Å². The molecular formula is C29H29N2O4+. The van der Waals surface area contributed by atoms with Crippen LogP contribution in [0.2, 0.25) is 0 Å². The van der Waals surface area contributed by atoms with E-state index in [1.165, 1.54) is 11.1 Å². The molecule has 178 valence electrons. The SMILES string of the molecule is COc1ccc(CN2C=Cc3cc(OC)c(OC)c4c3c2cc[n+]4Cc2ccc(OC)cc2)cc1. The lowest BCUT2D eigenvalue weighted by molar-refractivity contribution is -0.662. The van der Waals surface area contributed by atoms with Crippen LogP contribution in [0.3, 0.4) is 0 Å². The monoisotopic (exact) mass is 469 g/mol. The number of nitrogens with zero attached hydrogens (tertiary/aromatic N) is 2. The van der Waals surface area contributed by atoms with E-state index < -0.39 is 0 Å². The molecule has 0 fully saturated rings. The number of hydrogen-bond acceptors (Lipinski definition) is 5. The molecule has 0 atom stereocenters. The molecule has 35 heavy (non-hydrogen) atoms. The molecule has 4 aromatic rings. The number of aromatic nitrogens is 1. The van der Waals surface area contributed by atoms with Gasteiger partial charge in [0.25, 0.3) is 5.52 Å². The highest BCUT2D eigenvalue weighted by Crippen LogP contribution is 2.43. The number of anilines is 1. The Balaban J connectivity index is 1.61. The van der Waals surface area contributed by atoms with E-state index in [1.807, 2.05) is 30.3 Å². The number of ether oxygens (including phenoxy) is 4. The molecule has 1 aromatic heterocycles. The van der Waals surface area contributed by atoms with Gasteiger partial charge in [-0.25, -0.2) is 0 Å². The van der Waals surface area contributed by atoms with Crippen molar-refractivity contribution in [3.63, 3.8) is 0 Å². The van der Waals surface area contributed by atoms with Gasteiger partial charge in [0.15, 0.2) is 18.5 Å². The Kier molecular flexibility index (Phi) is 6.19. The van der Waals surface area contributed by atoms with Gasteiger partial charge in [-0.3, -0.25) is 0 Å². The third-order valence-electron chi connectivity index (χ3n) is 6.40. The van der Waals surface area contributed by atoms with E-state index >= 15 is 0 Å². The molecule has 6 nitrogen and oxygen atoms in total. The second kappa shape index (κ2) is 9.58. The van der Waals surface area contributed by atoms with Crippen LogP contribution in [0.15, 0.2) is 73.1 Å². The molecule has 0 saturated carbocycles. The molecule has 0 radical (unpaired) electrons. The summed E-state index contributed by atoms with van der Waals surface area (Å²) in [7, 11) is 6.73. The van der Waals surface area contributed by atoms with Gasteiger partial charge in [0, 0.05) is 24.4 Å². The largest absolute Gasteiger partial charge is 0.497 e. The van der Waals surface area contributed by atoms with Gasteiger partial charge in [-0.05, 0) is 59.7 Å². The molecule has 1 aliphatic rings. The van der Waals surface area contributed by atoms with Crippen LogP contribution in [0.5, 0.6) is 23.0 Å². The maximum atomic E-state index is 5.90. The fourth-order valence-corrected chi connectivity index (χ4v) is 4.60. The zero-order valence-electron chi connectivity index (χ0n) is 20.4. The number of pyridine rings is 1. The molecule has 5 rings (SSSR count). The quantitative estimate of drug-likeness (QED) is 0.332. The molecule has 1 aliphatic heterocycles. The first kappa shape index (κ1) is 22.6. The average molecular weight is 470 g/mol. The van der Waals surface area contributed by atoms with E-state index in [1.54, 1.807) is 28.4 Å². The summed E-state index contributed by atoms with van der Waals surface area (Å²) < 4.78 is 24.5. The van der Waals surface area contributed by atoms with E-state index in [0.717, 1.165) is 45.9 Å². The Morgan fingerprint density at radius 1 is 0.743 bits per heavy atom. The molecule has 0 unspecified atom stereocenters. The van der Waals surface area contributed by atoms with Crippen LogP contribution in [0.25, 0.3) is 17.0 Å². The van der Waals surface area contributed by atoms with Crippen molar-refractivity contribution in [3.05, 3.63) is 89.8 Å². The van der Waals surface area contributed by atoms with Crippen LogP contribution in [0.4, 0.5) is 5.69 Å². The van der Waals surface area contributed by atoms with E-state index in [4.69, 9.17) is 18.9 Å². The zero-order chi connectivity index (χ0) is 24.4. The van der Waals surface area contributed by atoms with E-state index in [2.05, 4.69) is 58.3 Å². The first-order valence-corrected chi connectivity index (χ1v) is 11.5. The normalized spacial score (nSPS) is 12.1. The second-order valence-corrected chi connectivity index (χ2v) is 8.39. The maximum absolute atomic E-state index is 5.90. The highest BCUT2D eigenvalue weighted by Gasteiger charge is 2.28. The van der Waals surface area contributed by atoms with Gasteiger partial charge in [0.05, 0.1) is 39.5 Å². The minimum atomic E-state index is 0.686. The molecule has 0 amide bonds. The lowest BCUT2D eigenvalue weighted by Gasteiger charge is -2.26. The predicted octanol–water partition coefficient (Wildman–Crippen LogP) is 5.20. The van der Waals surface area contributed by atoms with Crippen LogP contribution in [-0.4, -0.2) is 28.4 Å². The van der Waals surface area contributed by atoms with Crippen molar-refractivity contribution < 1.29 is 23.5 Å². The van der Waals surface area contributed by atoms with Crippen molar-refractivity contribution in [1.29, 1.82) is 0 Å². The number of methoxy groups -OCH3 is 4. The second-order valence-electron chi connectivity index (χ2n) is 8.39. The van der Waals surface area contributed by atoms with E-state index in [-0.39, 0.29) is 0 Å². The molecule has 0 saturated heterocycles. The Hall–Kier alpha value is -4.19. The fraction of sp³-hybridized carbons (Fsp3) is 0.207. The summed E-state index contributed by atoms with van der Waals surface area (Å²) in [5.41, 5.74) is 5.59. The van der Waals surface area contributed by atoms with Crippen molar-refractivity contribution in [2.45, 2.75) is 13.1 Å². The molecular weight excluding hydrogens is 440 g/mol. The van der Waals surface area contributed by atoms with E-state index in [9.17, 15) is 0 Å². The van der Waals surface area contributed by atoms with Crippen LogP contribution in [0, 0.1) is 0 Å². The fourth-order valence-electron chi connectivity index (χ4n) is 4.60. The zero-order valence-corrected chi connectivity index (χ0v) is 20.4. The Labute approximate surface area is 205 Å². The minimum Gasteiger partial charge on any atom is -0.497 e. The molecule has 2 heterocycles. The van der Waals surface area contributed by atoms with Crippen LogP contribution >= 0.6 is 0 Å². The number of benzene rings is 3. The molecule has 3 aromatic carbocycles. The summed E-state index contributed by atoms with van der Waals surface area (Å²) in [5.74, 6) is 3.13. The highest BCUT2D eigenvalue weighted by molar-refractivity contribution is 6.03. The van der Waals surface area contributed by atoms with Crippen molar-refractivity contribution in [1.82, 2.24) is 0 Å². The molecule has 0 bridgehead atoms. The molecule has 6 heteroatoms. The average Bonchev–Trinajstić information content (AvgIpc) is 2.91. The number of hydrogen-bond donors (Lipinski definition) is 0. The highest BCUT2D eigenvalue weighted by atomic mass is 16.5. The van der Waals surface area contributed by atoms with Crippen LogP contribution < -0.4 is 28.4 Å². The Morgan fingerprint density at radius 3 is 2.00 bits per heavy atom. The van der Waals surface area contributed by atoms with E-state index in [0.29, 0.717) is 12.3 Å². The number of rotatable bonds is 8. The summed E-state index contributed by atoms with van der Waals surface area (Å²) in [4.78, 5) is 2.26. The van der Waals surface area contributed by atoms with Gasteiger partial charge >= 0.3 is 0 Å². The third-order valence-corrected chi connectivity index (χ3v) is 6.40. The first-order valence-electron chi connectivity index (χ1n) is 11.5. The summed E-state index contributed by atoms with van der Waals surface area (Å²) in [6, 6.07) is 20.5. The van der Waals surface area contributed by atoms with Crippen molar-refractivity contribution in [3.8, 4) is 23.0 Å². The first-order chi connectivity index (χ1) is 17.1. The van der Waals surface area contributed by atoms with Crippen LogP contribution in [-0.2, 0) is 13.1 Å². The van der Waals surface area contributed by atoms with Gasteiger partial charge in [0.2, 0.25) is 5.75 Å². The molecule has 0 N–H and O–H groups in total. The molecule has 0 spiro atoms. The van der Waals surface area contributed by atoms with Gasteiger partial charge < -0.3 is 23.8 Å². The van der Waals surface area contributed by atoms with Gasteiger partial charge in [0.1, 0.15) is 11.5 Å². The Morgan fingerprint density at radius 2 is 1.40 bits per heavy atom. The van der Waals surface area contributed by atoms with Crippen molar-refractivity contribution in [2.75, 3.05) is 33.3 Å². The lowest BCUT2D eigenvalue weighted by atomic mass is 10.0. The van der Waals surface area contributed by atoms with Gasteiger partial charge in [-0.2, -0.15) is 4.57 Å². The maximum Gasteiger partial charge on any atom is 0.261 e. The summed E-state index contributed by atoms with van der Waals surface area (Å²) in [5, 5.41) is 1.13. The standard InChI is InChI=1S/C29H29N2O4/c1-32-23-9-5-20(6-10-23)18-30-15-13-22-17-26(34-3)29(35-4)28-27(22)25(30)14-16-31(28)19-21-7-11-24(33-2)12-8-21/h5-17H,18-19H2,1-4H3/q+1. The minimum absolute atomic E-state index is 0.686. The Bertz CT molecular complexity index is 1380.